The van der Waals surface area contributed by atoms with Crippen LogP contribution in [0.15, 0.2) is 29.8 Å². The smallest absolute Gasteiger partial charge is 0.248 e. The Labute approximate surface area is 129 Å². The first-order valence-electron chi connectivity index (χ1n) is 7.21. The maximum absolute atomic E-state index is 12.0. The van der Waals surface area contributed by atoms with E-state index in [9.17, 15) is 4.79 Å². The highest BCUT2D eigenvalue weighted by atomic mass is 32.1. The molecule has 112 valence electrons. The molecule has 0 radical (unpaired) electrons. The van der Waals surface area contributed by atoms with Gasteiger partial charge in [-0.1, -0.05) is 37.3 Å². The van der Waals surface area contributed by atoms with Crippen molar-refractivity contribution in [2.75, 3.05) is 0 Å². The Bertz CT molecular complexity index is 750. The number of hydrogen-bond acceptors (Lipinski definition) is 2. The zero-order valence-corrected chi connectivity index (χ0v) is 14.0. The van der Waals surface area contributed by atoms with Crippen molar-refractivity contribution in [2.45, 2.75) is 40.7 Å². The number of rotatable bonds is 4. The number of nitrogens with zero attached hydrogens (tertiary/aromatic N) is 2. The summed E-state index contributed by atoms with van der Waals surface area (Å²) in [6.07, 6.45) is 2.33. The number of carbonyl (C=O) groups excluding carboxylic acids is 1. The van der Waals surface area contributed by atoms with Gasteiger partial charge < -0.3 is 4.57 Å². The van der Waals surface area contributed by atoms with Crippen LogP contribution in [0.2, 0.25) is 0 Å². The average molecular weight is 302 g/mol. The van der Waals surface area contributed by atoms with Crippen molar-refractivity contribution in [1.82, 2.24) is 4.57 Å². The van der Waals surface area contributed by atoms with Crippen LogP contribution in [0.25, 0.3) is 10.2 Å². The molecule has 21 heavy (non-hydrogen) atoms. The minimum atomic E-state index is -0.0521. The number of amides is 1. The van der Waals surface area contributed by atoms with Crippen LogP contribution in [-0.4, -0.2) is 10.5 Å². The van der Waals surface area contributed by atoms with Crippen LogP contribution in [0.1, 0.15) is 31.4 Å². The molecular weight excluding hydrogens is 280 g/mol. The van der Waals surface area contributed by atoms with Gasteiger partial charge in [0.05, 0.1) is 10.2 Å². The standard InChI is InChI=1S/C17H22N2OS/c1-6-7-19-14-10-12(4)9-13(5)16(14)21-17(19)18-15(20)8-11(2)3/h6,9-11H,1,7-8H2,2-5H3. The monoisotopic (exact) mass is 302 g/mol. The quantitative estimate of drug-likeness (QED) is 0.787. The number of hydrogen-bond donors (Lipinski definition) is 0. The highest BCUT2D eigenvalue weighted by Crippen LogP contribution is 2.23. The van der Waals surface area contributed by atoms with Crippen molar-refractivity contribution in [3.05, 3.63) is 40.7 Å². The zero-order valence-electron chi connectivity index (χ0n) is 13.1. The third kappa shape index (κ3) is 3.50. The predicted molar refractivity (Wildman–Crippen MR) is 89.5 cm³/mol. The van der Waals surface area contributed by atoms with Crippen molar-refractivity contribution in [3.63, 3.8) is 0 Å². The number of benzene rings is 1. The molecule has 0 fully saturated rings. The topological polar surface area (TPSA) is 34.4 Å². The van der Waals surface area contributed by atoms with Gasteiger partial charge in [-0.2, -0.15) is 4.99 Å². The van der Waals surface area contributed by atoms with Crippen molar-refractivity contribution in [3.8, 4) is 0 Å². The van der Waals surface area contributed by atoms with E-state index in [2.05, 4.69) is 42.1 Å². The largest absolute Gasteiger partial charge is 0.312 e. The van der Waals surface area contributed by atoms with E-state index >= 15 is 0 Å². The van der Waals surface area contributed by atoms with Crippen LogP contribution in [-0.2, 0) is 11.3 Å². The summed E-state index contributed by atoms with van der Waals surface area (Å²) >= 11 is 1.58. The van der Waals surface area contributed by atoms with E-state index in [0.29, 0.717) is 18.9 Å². The Kier molecular flexibility index (Phi) is 4.78. The van der Waals surface area contributed by atoms with Gasteiger partial charge in [0.2, 0.25) is 5.91 Å². The van der Waals surface area contributed by atoms with Crippen LogP contribution in [0.4, 0.5) is 0 Å². The molecule has 1 amide bonds. The van der Waals surface area contributed by atoms with Crippen molar-refractivity contribution in [2.24, 2.45) is 10.9 Å². The molecule has 1 heterocycles. The van der Waals surface area contributed by atoms with Crippen molar-refractivity contribution in [1.29, 1.82) is 0 Å². The minimum absolute atomic E-state index is 0.0521. The molecule has 0 saturated heterocycles. The summed E-state index contributed by atoms with van der Waals surface area (Å²) in [7, 11) is 0. The van der Waals surface area contributed by atoms with Gasteiger partial charge in [0.1, 0.15) is 0 Å². The van der Waals surface area contributed by atoms with Crippen LogP contribution >= 0.6 is 11.3 Å². The Balaban J connectivity index is 2.65. The van der Waals surface area contributed by atoms with Crippen molar-refractivity contribution >= 4 is 27.5 Å². The fourth-order valence-corrected chi connectivity index (χ4v) is 3.51. The van der Waals surface area contributed by atoms with Crippen LogP contribution in [0.3, 0.4) is 0 Å². The van der Waals surface area contributed by atoms with Gasteiger partial charge in [0.15, 0.2) is 4.80 Å². The molecule has 0 aliphatic heterocycles. The van der Waals surface area contributed by atoms with Gasteiger partial charge in [0.25, 0.3) is 0 Å². The number of fused-ring (bicyclic) bond motifs is 1. The molecule has 0 N–H and O–H groups in total. The average Bonchev–Trinajstić information content (AvgIpc) is 2.68. The second-order valence-corrected chi connectivity index (χ2v) is 6.80. The Morgan fingerprint density at radius 2 is 2.14 bits per heavy atom. The fraction of sp³-hybridized carbons (Fsp3) is 0.412. The van der Waals surface area contributed by atoms with Gasteiger partial charge in [-0.05, 0) is 37.0 Å². The van der Waals surface area contributed by atoms with Crippen LogP contribution in [0.5, 0.6) is 0 Å². The molecule has 0 unspecified atom stereocenters. The SMILES string of the molecule is C=CCn1c(=NC(=O)CC(C)C)sc2c(C)cc(C)cc21. The summed E-state index contributed by atoms with van der Waals surface area (Å²) in [6, 6.07) is 4.31. The van der Waals surface area contributed by atoms with Crippen LogP contribution < -0.4 is 4.80 Å². The summed E-state index contributed by atoms with van der Waals surface area (Å²) in [5, 5.41) is 0. The molecule has 1 aromatic heterocycles. The molecule has 1 aromatic carbocycles. The van der Waals surface area contributed by atoms with Crippen molar-refractivity contribution < 1.29 is 4.79 Å². The summed E-state index contributed by atoms with van der Waals surface area (Å²) < 4.78 is 3.27. The van der Waals surface area contributed by atoms with Gasteiger partial charge in [-0.15, -0.1) is 6.58 Å². The Hall–Kier alpha value is -1.68. The van der Waals surface area contributed by atoms with E-state index in [1.165, 1.54) is 15.8 Å². The fourth-order valence-electron chi connectivity index (χ4n) is 2.40. The molecule has 0 aliphatic rings. The summed E-state index contributed by atoms with van der Waals surface area (Å²) in [4.78, 5) is 17.1. The molecule has 0 bridgehead atoms. The van der Waals surface area contributed by atoms with Crippen LogP contribution in [0, 0.1) is 19.8 Å². The molecule has 4 heteroatoms. The third-order valence-electron chi connectivity index (χ3n) is 3.23. The maximum atomic E-state index is 12.0. The zero-order chi connectivity index (χ0) is 15.6. The molecular formula is C17H22N2OS. The summed E-state index contributed by atoms with van der Waals surface area (Å²) in [6.45, 7) is 12.7. The number of aryl methyl sites for hydroxylation is 2. The maximum Gasteiger partial charge on any atom is 0.248 e. The first kappa shape index (κ1) is 15.7. The molecule has 2 aromatic rings. The number of aromatic nitrogens is 1. The molecule has 0 aliphatic carbocycles. The number of allylic oxidation sites excluding steroid dienone is 1. The summed E-state index contributed by atoms with van der Waals surface area (Å²) in [5.41, 5.74) is 3.58. The van der Waals surface area contributed by atoms with E-state index < -0.39 is 0 Å². The predicted octanol–water partition coefficient (Wildman–Crippen LogP) is 3.98. The second-order valence-electron chi connectivity index (χ2n) is 5.82. The third-order valence-corrected chi connectivity index (χ3v) is 4.46. The highest BCUT2D eigenvalue weighted by molar-refractivity contribution is 7.16. The summed E-state index contributed by atoms with van der Waals surface area (Å²) in [5.74, 6) is 0.274. The number of carbonyl (C=O) groups is 1. The lowest BCUT2D eigenvalue weighted by molar-refractivity contribution is -0.118. The second kappa shape index (κ2) is 6.39. The number of thiazole rings is 1. The molecule has 0 saturated carbocycles. The lowest BCUT2D eigenvalue weighted by atomic mass is 10.1. The van der Waals surface area contributed by atoms with Gasteiger partial charge >= 0.3 is 0 Å². The van der Waals surface area contributed by atoms with E-state index in [1.54, 1.807) is 11.3 Å². The first-order valence-corrected chi connectivity index (χ1v) is 8.03. The Morgan fingerprint density at radius 1 is 1.43 bits per heavy atom. The van der Waals surface area contributed by atoms with E-state index in [-0.39, 0.29) is 5.91 Å². The van der Waals surface area contributed by atoms with Gasteiger partial charge in [-0.25, -0.2) is 0 Å². The van der Waals surface area contributed by atoms with E-state index in [0.717, 1.165) is 10.3 Å². The molecule has 3 nitrogen and oxygen atoms in total. The lowest BCUT2D eigenvalue weighted by Crippen LogP contribution is -2.16. The van der Waals surface area contributed by atoms with E-state index in [4.69, 9.17) is 0 Å². The molecule has 2 rings (SSSR count). The Morgan fingerprint density at radius 3 is 2.76 bits per heavy atom. The highest BCUT2D eigenvalue weighted by Gasteiger charge is 2.10. The molecule has 0 atom stereocenters. The van der Waals surface area contributed by atoms with E-state index in [1.807, 2.05) is 19.9 Å². The normalized spacial score (nSPS) is 12.3. The van der Waals surface area contributed by atoms with Gasteiger partial charge in [-0.3, -0.25) is 4.79 Å². The first-order chi connectivity index (χ1) is 9.92. The van der Waals surface area contributed by atoms with Gasteiger partial charge in [0, 0.05) is 13.0 Å². The molecule has 0 spiro atoms. The minimum Gasteiger partial charge on any atom is -0.312 e. The lowest BCUT2D eigenvalue weighted by Gasteiger charge is -2.03.